The first-order chi connectivity index (χ1) is 7.19. The minimum absolute atomic E-state index is 0.275. The summed E-state index contributed by atoms with van der Waals surface area (Å²) >= 11 is 5.95. The lowest BCUT2D eigenvalue weighted by Crippen LogP contribution is -2.13. The summed E-state index contributed by atoms with van der Waals surface area (Å²) < 4.78 is 13.6. The molecule has 0 unspecified atom stereocenters. The van der Waals surface area contributed by atoms with Gasteiger partial charge in [-0.2, -0.15) is 0 Å². The van der Waals surface area contributed by atoms with Crippen LogP contribution in [0.2, 0.25) is 5.02 Å². The Morgan fingerprint density at radius 3 is 2.80 bits per heavy atom. The van der Waals surface area contributed by atoms with E-state index < -0.39 is 0 Å². The summed E-state index contributed by atoms with van der Waals surface area (Å²) in [5.41, 5.74) is 0.130. The molecule has 1 fully saturated rings. The standard InChI is InChI=1S/C11H9ClFNO/c12-8-2-1-3-9(13)10(8)11(4-5-11)6-14-7-15/h1-3H,4-6H2. The summed E-state index contributed by atoms with van der Waals surface area (Å²) in [5.74, 6) is -0.318. The number of benzene rings is 1. The Bertz CT molecular complexity index is 416. The van der Waals surface area contributed by atoms with Crippen LogP contribution in [0.4, 0.5) is 4.39 Å². The fourth-order valence-electron chi connectivity index (χ4n) is 1.83. The van der Waals surface area contributed by atoms with Crippen LogP contribution < -0.4 is 0 Å². The van der Waals surface area contributed by atoms with Crippen molar-refractivity contribution < 1.29 is 9.18 Å². The van der Waals surface area contributed by atoms with Crippen molar-refractivity contribution in [3.05, 3.63) is 34.6 Å². The van der Waals surface area contributed by atoms with Crippen LogP contribution in [0.5, 0.6) is 0 Å². The molecule has 15 heavy (non-hydrogen) atoms. The number of aliphatic imine (C=N–C) groups is 1. The van der Waals surface area contributed by atoms with Crippen LogP contribution in [-0.2, 0) is 10.2 Å². The molecule has 0 atom stereocenters. The average molecular weight is 226 g/mol. The molecule has 0 bridgehead atoms. The van der Waals surface area contributed by atoms with Crippen LogP contribution in [-0.4, -0.2) is 12.6 Å². The third-order valence-electron chi connectivity index (χ3n) is 2.79. The zero-order valence-corrected chi connectivity index (χ0v) is 8.72. The van der Waals surface area contributed by atoms with Crippen molar-refractivity contribution in [1.29, 1.82) is 0 Å². The SMILES string of the molecule is O=C=NCC1(c2c(F)cccc2Cl)CC1. The topological polar surface area (TPSA) is 29.4 Å². The summed E-state index contributed by atoms with van der Waals surface area (Å²) in [6.07, 6.45) is 3.12. The van der Waals surface area contributed by atoms with Gasteiger partial charge in [0.25, 0.3) is 0 Å². The number of hydrogen-bond donors (Lipinski definition) is 0. The molecule has 2 rings (SSSR count). The number of rotatable bonds is 3. The van der Waals surface area contributed by atoms with Crippen LogP contribution in [0.25, 0.3) is 0 Å². The van der Waals surface area contributed by atoms with E-state index in [-0.39, 0.29) is 17.8 Å². The van der Waals surface area contributed by atoms with E-state index in [0.717, 1.165) is 12.8 Å². The summed E-state index contributed by atoms with van der Waals surface area (Å²) in [6.45, 7) is 0.275. The fraction of sp³-hybridized carbons (Fsp3) is 0.364. The Morgan fingerprint density at radius 1 is 1.53 bits per heavy atom. The maximum Gasteiger partial charge on any atom is 0.234 e. The first-order valence-corrected chi connectivity index (χ1v) is 5.05. The molecule has 0 aromatic heterocycles. The molecule has 1 aromatic carbocycles. The molecule has 0 N–H and O–H groups in total. The normalized spacial score (nSPS) is 16.9. The van der Waals surface area contributed by atoms with Crippen LogP contribution >= 0.6 is 11.6 Å². The third-order valence-corrected chi connectivity index (χ3v) is 3.11. The number of nitrogens with zero attached hydrogens (tertiary/aromatic N) is 1. The molecule has 0 radical (unpaired) electrons. The number of carbonyl (C=O) groups excluding carboxylic acids is 1. The van der Waals surface area contributed by atoms with E-state index >= 15 is 0 Å². The Hall–Kier alpha value is -1.18. The molecular weight excluding hydrogens is 217 g/mol. The molecule has 0 amide bonds. The molecule has 0 aliphatic heterocycles. The van der Waals surface area contributed by atoms with E-state index in [2.05, 4.69) is 4.99 Å². The molecule has 78 valence electrons. The summed E-state index contributed by atoms with van der Waals surface area (Å²) in [6, 6.07) is 4.61. The smallest absolute Gasteiger partial charge is 0.211 e. The second-order valence-corrected chi connectivity index (χ2v) is 4.19. The van der Waals surface area contributed by atoms with Crippen molar-refractivity contribution in [3.63, 3.8) is 0 Å². The Kier molecular flexibility index (Phi) is 2.59. The highest BCUT2D eigenvalue weighted by Crippen LogP contribution is 2.51. The van der Waals surface area contributed by atoms with E-state index in [0.29, 0.717) is 10.6 Å². The lowest BCUT2D eigenvalue weighted by Gasteiger charge is -2.14. The first-order valence-electron chi connectivity index (χ1n) is 4.68. The van der Waals surface area contributed by atoms with Crippen molar-refractivity contribution >= 4 is 17.7 Å². The van der Waals surface area contributed by atoms with Gasteiger partial charge >= 0.3 is 0 Å². The predicted molar refractivity (Wildman–Crippen MR) is 55.3 cm³/mol. The van der Waals surface area contributed by atoms with Gasteiger partial charge in [0.05, 0.1) is 6.54 Å². The molecule has 0 heterocycles. The quantitative estimate of drug-likeness (QED) is 0.575. The molecule has 0 spiro atoms. The Labute approximate surface area is 91.8 Å². The van der Waals surface area contributed by atoms with Crippen molar-refractivity contribution in [2.75, 3.05) is 6.54 Å². The highest BCUT2D eigenvalue weighted by Gasteiger charge is 2.47. The monoisotopic (exact) mass is 225 g/mol. The second-order valence-electron chi connectivity index (χ2n) is 3.78. The molecule has 0 saturated heterocycles. The third kappa shape index (κ3) is 1.81. The molecule has 1 aliphatic rings. The zero-order chi connectivity index (χ0) is 10.9. The summed E-state index contributed by atoms with van der Waals surface area (Å²) in [7, 11) is 0. The lowest BCUT2D eigenvalue weighted by molar-refractivity contribution is 0.552. The maximum absolute atomic E-state index is 13.6. The fourth-order valence-corrected chi connectivity index (χ4v) is 2.19. The highest BCUT2D eigenvalue weighted by atomic mass is 35.5. The zero-order valence-electron chi connectivity index (χ0n) is 7.96. The molecule has 2 nitrogen and oxygen atoms in total. The lowest BCUT2D eigenvalue weighted by atomic mass is 9.95. The number of halogens is 2. The first kappa shape index (κ1) is 10.3. The van der Waals surface area contributed by atoms with Gasteiger partial charge in [0.1, 0.15) is 5.82 Å². The Morgan fingerprint density at radius 2 is 2.27 bits per heavy atom. The minimum atomic E-state index is -0.361. The van der Waals surface area contributed by atoms with Gasteiger partial charge < -0.3 is 0 Å². The minimum Gasteiger partial charge on any atom is -0.211 e. The number of hydrogen-bond acceptors (Lipinski definition) is 2. The largest absolute Gasteiger partial charge is 0.234 e. The maximum atomic E-state index is 13.6. The predicted octanol–water partition coefficient (Wildman–Crippen LogP) is 2.85. The molecule has 4 heteroatoms. The van der Waals surface area contributed by atoms with E-state index in [4.69, 9.17) is 11.6 Å². The van der Waals surface area contributed by atoms with Crippen molar-refractivity contribution in [1.82, 2.24) is 0 Å². The van der Waals surface area contributed by atoms with E-state index in [9.17, 15) is 9.18 Å². The van der Waals surface area contributed by atoms with Crippen LogP contribution in [0.3, 0.4) is 0 Å². The van der Waals surface area contributed by atoms with Crippen LogP contribution in [0, 0.1) is 5.82 Å². The highest BCUT2D eigenvalue weighted by molar-refractivity contribution is 6.31. The second kappa shape index (κ2) is 3.76. The molecular formula is C11H9ClFNO. The average Bonchev–Trinajstić information content (AvgIpc) is 2.96. The Balaban J connectivity index is 2.40. The molecule has 1 aliphatic carbocycles. The van der Waals surface area contributed by atoms with E-state index in [1.54, 1.807) is 12.1 Å². The van der Waals surface area contributed by atoms with Crippen LogP contribution in [0.1, 0.15) is 18.4 Å². The van der Waals surface area contributed by atoms with Gasteiger partial charge in [-0.1, -0.05) is 17.7 Å². The molecule has 1 saturated carbocycles. The van der Waals surface area contributed by atoms with Crippen molar-refractivity contribution in [2.45, 2.75) is 18.3 Å². The summed E-state index contributed by atoms with van der Waals surface area (Å²) in [4.78, 5) is 13.6. The van der Waals surface area contributed by atoms with Gasteiger partial charge in [-0.15, -0.1) is 0 Å². The van der Waals surface area contributed by atoms with Gasteiger partial charge in [-0.3, -0.25) is 0 Å². The van der Waals surface area contributed by atoms with Gasteiger partial charge in [-0.25, -0.2) is 14.2 Å². The van der Waals surface area contributed by atoms with Crippen molar-refractivity contribution in [3.8, 4) is 0 Å². The van der Waals surface area contributed by atoms with Gasteiger partial charge in [0, 0.05) is 16.0 Å². The van der Waals surface area contributed by atoms with E-state index in [1.807, 2.05) is 0 Å². The van der Waals surface area contributed by atoms with Gasteiger partial charge in [-0.05, 0) is 25.0 Å². The van der Waals surface area contributed by atoms with Gasteiger partial charge in [0.2, 0.25) is 6.08 Å². The van der Waals surface area contributed by atoms with Crippen molar-refractivity contribution in [2.24, 2.45) is 4.99 Å². The van der Waals surface area contributed by atoms with E-state index in [1.165, 1.54) is 12.1 Å². The summed E-state index contributed by atoms with van der Waals surface area (Å²) in [5, 5.41) is 0.411. The van der Waals surface area contributed by atoms with Crippen LogP contribution in [0.15, 0.2) is 23.2 Å². The van der Waals surface area contributed by atoms with Gasteiger partial charge in [0.15, 0.2) is 0 Å². The number of isocyanates is 1. The molecule has 1 aromatic rings.